The second-order valence-corrected chi connectivity index (χ2v) is 4.37. The Morgan fingerprint density at radius 3 is 2.61 bits per heavy atom. The molecular weight excluding hydrogens is 250 g/mol. The lowest BCUT2D eigenvalue weighted by atomic mass is 10.1. The van der Waals surface area contributed by atoms with Crippen molar-refractivity contribution in [1.82, 2.24) is 15.1 Å². The number of amides is 1. The number of alkyl halides is 1. The molecule has 94 valence electrons. The number of nitrogens with one attached hydrogen (secondary N) is 1. The predicted molar refractivity (Wildman–Crippen MR) is 70.4 cm³/mol. The average Bonchev–Trinajstić information content (AvgIpc) is 2.91. The maximum Gasteiger partial charge on any atom is 0.253 e. The van der Waals surface area contributed by atoms with Crippen molar-refractivity contribution >= 4 is 17.5 Å². The summed E-state index contributed by atoms with van der Waals surface area (Å²) < 4.78 is 0. The molecule has 5 heteroatoms. The molecule has 0 aliphatic rings. The summed E-state index contributed by atoms with van der Waals surface area (Å²) in [7, 11) is 1.77. The molecule has 0 aliphatic carbocycles. The number of rotatable bonds is 4. The van der Waals surface area contributed by atoms with E-state index in [1.165, 1.54) is 0 Å². The number of aromatic nitrogens is 2. The van der Waals surface area contributed by atoms with E-state index < -0.39 is 0 Å². The molecule has 0 atom stereocenters. The number of carbonyl (C=O) groups excluding carboxylic acids is 1. The number of hydrogen-bond donors (Lipinski definition) is 1. The Kier molecular flexibility index (Phi) is 3.99. The summed E-state index contributed by atoms with van der Waals surface area (Å²) >= 11 is 5.71. The summed E-state index contributed by atoms with van der Waals surface area (Å²) in [4.78, 5) is 13.8. The highest BCUT2D eigenvalue weighted by Crippen LogP contribution is 2.10. The molecule has 18 heavy (non-hydrogen) atoms. The van der Waals surface area contributed by atoms with E-state index >= 15 is 0 Å². The fourth-order valence-corrected chi connectivity index (χ4v) is 1.84. The van der Waals surface area contributed by atoms with Gasteiger partial charge >= 0.3 is 0 Å². The minimum absolute atomic E-state index is 0.0164. The molecule has 0 fully saturated rings. The predicted octanol–water partition coefficient (Wildman–Crippen LogP) is 2.42. The average molecular weight is 264 g/mol. The largest absolute Gasteiger partial charge is 0.337 e. The minimum Gasteiger partial charge on any atom is -0.337 e. The van der Waals surface area contributed by atoms with E-state index in [9.17, 15) is 4.79 Å². The molecule has 0 saturated heterocycles. The van der Waals surface area contributed by atoms with Crippen LogP contribution in [0.2, 0.25) is 0 Å². The maximum atomic E-state index is 12.1. The highest BCUT2D eigenvalue weighted by molar-refractivity contribution is 6.17. The molecule has 0 unspecified atom stereocenters. The quantitative estimate of drug-likeness (QED) is 0.862. The highest BCUT2D eigenvalue weighted by atomic mass is 35.5. The molecule has 0 radical (unpaired) electrons. The molecule has 1 heterocycles. The third-order valence-electron chi connectivity index (χ3n) is 2.68. The van der Waals surface area contributed by atoms with Gasteiger partial charge in [0, 0.05) is 36.8 Å². The lowest BCUT2D eigenvalue weighted by molar-refractivity contribution is 0.0785. The zero-order chi connectivity index (χ0) is 13.0. The van der Waals surface area contributed by atoms with Gasteiger partial charge in [0.05, 0.1) is 6.20 Å². The van der Waals surface area contributed by atoms with E-state index in [1.807, 2.05) is 12.1 Å². The van der Waals surface area contributed by atoms with Gasteiger partial charge < -0.3 is 4.90 Å². The van der Waals surface area contributed by atoms with Crippen molar-refractivity contribution in [3.05, 3.63) is 53.3 Å². The van der Waals surface area contributed by atoms with Gasteiger partial charge in [-0.05, 0) is 17.7 Å². The van der Waals surface area contributed by atoms with Crippen LogP contribution in [0.3, 0.4) is 0 Å². The third-order valence-corrected chi connectivity index (χ3v) is 2.99. The van der Waals surface area contributed by atoms with Gasteiger partial charge in [-0.3, -0.25) is 9.89 Å². The van der Waals surface area contributed by atoms with Crippen molar-refractivity contribution in [2.75, 3.05) is 7.05 Å². The van der Waals surface area contributed by atoms with Crippen molar-refractivity contribution in [1.29, 1.82) is 0 Å². The summed E-state index contributed by atoms with van der Waals surface area (Å²) in [5.74, 6) is 0.441. The van der Waals surface area contributed by atoms with Crippen LogP contribution >= 0.6 is 11.6 Å². The molecule has 1 aromatic carbocycles. The van der Waals surface area contributed by atoms with Crippen molar-refractivity contribution < 1.29 is 4.79 Å². The van der Waals surface area contributed by atoms with Crippen LogP contribution in [-0.2, 0) is 12.4 Å². The van der Waals surface area contributed by atoms with E-state index in [4.69, 9.17) is 11.6 Å². The lowest BCUT2D eigenvalue weighted by Gasteiger charge is -2.16. The second kappa shape index (κ2) is 5.69. The first kappa shape index (κ1) is 12.6. The van der Waals surface area contributed by atoms with Crippen molar-refractivity contribution in [3.8, 4) is 0 Å². The molecule has 2 aromatic rings. The van der Waals surface area contributed by atoms with Gasteiger partial charge in [0.2, 0.25) is 0 Å². The van der Waals surface area contributed by atoms with Crippen LogP contribution in [-0.4, -0.2) is 28.1 Å². The molecule has 1 aromatic heterocycles. The van der Waals surface area contributed by atoms with Crippen LogP contribution in [0.15, 0.2) is 36.7 Å². The fourth-order valence-electron chi connectivity index (χ4n) is 1.67. The molecule has 1 N–H and O–H groups in total. The SMILES string of the molecule is CN(Cc1cn[nH]c1)C(=O)c1ccc(CCl)cc1. The molecule has 2 rings (SSSR count). The number of nitrogens with zero attached hydrogens (tertiary/aromatic N) is 2. The first-order chi connectivity index (χ1) is 8.70. The van der Waals surface area contributed by atoms with Crippen LogP contribution in [0.5, 0.6) is 0 Å². The highest BCUT2D eigenvalue weighted by Gasteiger charge is 2.12. The molecule has 1 amide bonds. The van der Waals surface area contributed by atoms with Gasteiger partial charge in [-0.25, -0.2) is 0 Å². The van der Waals surface area contributed by atoms with Crippen molar-refractivity contribution in [2.24, 2.45) is 0 Å². The van der Waals surface area contributed by atoms with Crippen LogP contribution in [0.1, 0.15) is 21.5 Å². The van der Waals surface area contributed by atoms with Crippen LogP contribution in [0, 0.1) is 0 Å². The van der Waals surface area contributed by atoms with Gasteiger partial charge in [0.25, 0.3) is 5.91 Å². The number of H-pyrrole nitrogens is 1. The molecule has 0 saturated carbocycles. The number of carbonyl (C=O) groups is 1. The van der Waals surface area contributed by atoms with E-state index in [1.54, 1.807) is 36.5 Å². The normalized spacial score (nSPS) is 10.3. The van der Waals surface area contributed by atoms with E-state index in [2.05, 4.69) is 10.2 Å². The molecule has 0 aliphatic heterocycles. The second-order valence-electron chi connectivity index (χ2n) is 4.10. The summed E-state index contributed by atoms with van der Waals surface area (Å²) in [6.45, 7) is 0.534. The number of benzene rings is 1. The number of hydrogen-bond acceptors (Lipinski definition) is 2. The Hall–Kier alpha value is -1.81. The Balaban J connectivity index is 2.05. The van der Waals surface area contributed by atoms with E-state index in [-0.39, 0.29) is 5.91 Å². The maximum absolute atomic E-state index is 12.1. The standard InChI is InChI=1S/C13H14ClN3O/c1-17(9-11-7-15-16-8-11)13(18)12-4-2-10(6-14)3-5-12/h2-5,7-8H,6,9H2,1H3,(H,15,16). The monoisotopic (exact) mass is 263 g/mol. The van der Waals surface area contributed by atoms with Gasteiger partial charge in [-0.1, -0.05) is 12.1 Å². The van der Waals surface area contributed by atoms with Crippen molar-refractivity contribution in [2.45, 2.75) is 12.4 Å². The number of aromatic amines is 1. The van der Waals surface area contributed by atoms with Gasteiger partial charge in [-0.15, -0.1) is 11.6 Å². The van der Waals surface area contributed by atoms with Gasteiger partial charge in [0.1, 0.15) is 0 Å². The molecular formula is C13H14ClN3O. The van der Waals surface area contributed by atoms with Gasteiger partial charge in [0.15, 0.2) is 0 Å². The zero-order valence-corrected chi connectivity index (χ0v) is 10.8. The Morgan fingerprint density at radius 2 is 2.06 bits per heavy atom. The van der Waals surface area contributed by atoms with E-state index in [0.29, 0.717) is 18.0 Å². The Bertz CT molecular complexity index is 508. The van der Waals surface area contributed by atoms with Crippen molar-refractivity contribution in [3.63, 3.8) is 0 Å². The molecule has 0 bridgehead atoms. The molecule has 4 nitrogen and oxygen atoms in total. The first-order valence-electron chi connectivity index (χ1n) is 5.58. The Morgan fingerprint density at radius 1 is 1.33 bits per heavy atom. The molecule has 0 spiro atoms. The summed E-state index contributed by atoms with van der Waals surface area (Å²) in [6.07, 6.45) is 3.49. The first-order valence-corrected chi connectivity index (χ1v) is 6.12. The summed E-state index contributed by atoms with van der Waals surface area (Å²) in [5.41, 5.74) is 2.64. The van der Waals surface area contributed by atoms with Crippen LogP contribution < -0.4 is 0 Å². The number of halogens is 1. The van der Waals surface area contributed by atoms with E-state index in [0.717, 1.165) is 11.1 Å². The Labute approximate surface area is 111 Å². The topological polar surface area (TPSA) is 49.0 Å². The fraction of sp³-hybridized carbons (Fsp3) is 0.231. The summed E-state index contributed by atoms with van der Waals surface area (Å²) in [6, 6.07) is 7.33. The smallest absolute Gasteiger partial charge is 0.253 e. The van der Waals surface area contributed by atoms with Crippen LogP contribution in [0.4, 0.5) is 0 Å². The minimum atomic E-state index is -0.0164. The van der Waals surface area contributed by atoms with Gasteiger partial charge in [-0.2, -0.15) is 5.10 Å². The third kappa shape index (κ3) is 2.90. The lowest BCUT2D eigenvalue weighted by Crippen LogP contribution is -2.25. The van der Waals surface area contributed by atoms with Crippen LogP contribution in [0.25, 0.3) is 0 Å². The zero-order valence-electron chi connectivity index (χ0n) is 10.1. The summed E-state index contributed by atoms with van der Waals surface area (Å²) in [5, 5.41) is 6.58.